The fourth-order valence-electron chi connectivity index (χ4n) is 3.87. The van der Waals surface area contributed by atoms with Gasteiger partial charge in [0, 0.05) is 17.0 Å². The van der Waals surface area contributed by atoms with Crippen LogP contribution >= 0.6 is 11.6 Å². The van der Waals surface area contributed by atoms with Gasteiger partial charge in [0.05, 0.1) is 6.04 Å². The van der Waals surface area contributed by atoms with E-state index in [1.807, 2.05) is 44.2 Å². The predicted molar refractivity (Wildman–Crippen MR) is 117 cm³/mol. The molecule has 1 heterocycles. The molecule has 1 aliphatic rings. The van der Waals surface area contributed by atoms with Crippen LogP contribution in [0.2, 0.25) is 5.02 Å². The first-order chi connectivity index (χ1) is 13.9. The summed E-state index contributed by atoms with van der Waals surface area (Å²) in [5.74, 6) is 1.40. The summed E-state index contributed by atoms with van der Waals surface area (Å²) in [7, 11) is 0. The van der Waals surface area contributed by atoms with Crippen molar-refractivity contribution in [3.63, 3.8) is 0 Å². The highest BCUT2D eigenvalue weighted by Crippen LogP contribution is 2.42. The van der Waals surface area contributed by atoms with Crippen LogP contribution in [0.25, 0.3) is 0 Å². The highest BCUT2D eigenvalue weighted by molar-refractivity contribution is 6.31. The third-order valence-corrected chi connectivity index (χ3v) is 6.30. The number of ether oxygens (including phenoxy) is 2. The second kappa shape index (κ2) is 9.08. The van der Waals surface area contributed by atoms with Crippen molar-refractivity contribution in [2.45, 2.75) is 71.1 Å². The van der Waals surface area contributed by atoms with E-state index in [-0.39, 0.29) is 17.6 Å². The second-order valence-corrected chi connectivity index (χ2v) is 8.13. The van der Waals surface area contributed by atoms with Crippen molar-refractivity contribution in [2.75, 3.05) is 0 Å². The fraction of sp³-hybridized carbons (Fsp3) is 0.458. The summed E-state index contributed by atoms with van der Waals surface area (Å²) in [6.45, 7) is 8.14. The standard InChI is InChI=1S/C24H30ClNO3/c1-5-21(28-17-12-13-19(25)16(4)14-17)23(27)26-20-15-24(6-2,7-3)29-22-11-9-8-10-18(20)22/h8-14,20-21H,5-7,15H2,1-4H3,(H,26,27). The number of nitrogens with one attached hydrogen (secondary N) is 1. The molecule has 1 aliphatic heterocycles. The van der Waals surface area contributed by atoms with Crippen molar-refractivity contribution in [3.8, 4) is 11.5 Å². The summed E-state index contributed by atoms with van der Waals surface area (Å²) >= 11 is 6.10. The minimum absolute atomic E-state index is 0.100. The molecule has 0 saturated heterocycles. The topological polar surface area (TPSA) is 47.6 Å². The molecule has 0 fully saturated rings. The second-order valence-electron chi connectivity index (χ2n) is 7.72. The van der Waals surface area contributed by atoms with E-state index in [9.17, 15) is 4.79 Å². The molecule has 0 bridgehead atoms. The molecule has 2 aromatic rings. The number of para-hydroxylation sites is 1. The monoisotopic (exact) mass is 415 g/mol. The lowest BCUT2D eigenvalue weighted by atomic mass is 9.83. The summed E-state index contributed by atoms with van der Waals surface area (Å²) in [4.78, 5) is 13.1. The van der Waals surface area contributed by atoms with Gasteiger partial charge in [-0.2, -0.15) is 0 Å². The summed E-state index contributed by atoms with van der Waals surface area (Å²) < 4.78 is 12.3. The number of rotatable bonds is 7. The lowest BCUT2D eigenvalue weighted by Crippen LogP contribution is -2.47. The van der Waals surface area contributed by atoms with Gasteiger partial charge in [0.15, 0.2) is 6.10 Å². The van der Waals surface area contributed by atoms with Crippen LogP contribution in [-0.4, -0.2) is 17.6 Å². The van der Waals surface area contributed by atoms with Gasteiger partial charge >= 0.3 is 0 Å². The van der Waals surface area contributed by atoms with Gasteiger partial charge in [0.2, 0.25) is 0 Å². The van der Waals surface area contributed by atoms with Gasteiger partial charge in [0.25, 0.3) is 5.91 Å². The SMILES string of the molecule is CCC(Oc1ccc(Cl)c(C)c1)C(=O)NC1CC(CC)(CC)Oc2ccccc21. The van der Waals surface area contributed by atoms with E-state index in [1.165, 1.54) is 0 Å². The largest absolute Gasteiger partial charge is 0.487 e. The van der Waals surface area contributed by atoms with E-state index in [0.29, 0.717) is 17.2 Å². The number of amides is 1. The van der Waals surface area contributed by atoms with Gasteiger partial charge in [-0.25, -0.2) is 0 Å². The molecule has 29 heavy (non-hydrogen) atoms. The van der Waals surface area contributed by atoms with E-state index in [4.69, 9.17) is 21.1 Å². The lowest BCUT2D eigenvalue weighted by Gasteiger charge is -2.42. The first-order valence-corrected chi connectivity index (χ1v) is 10.8. The first-order valence-electron chi connectivity index (χ1n) is 10.4. The number of hydrogen-bond donors (Lipinski definition) is 1. The summed E-state index contributed by atoms with van der Waals surface area (Å²) in [5.41, 5.74) is 1.69. The van der Waals surface area contributed by atoms with E-state index >= 15 is 0 Å². The van der Waals surface area contributed by atoms with Crippen LogP contribution < -0.4 is 14.8 Å². The Morgan fingerprint density at radius 1 is 1.24 bits per heavy atom. The molecule has 3 rings (SSSR count). The number of fused-ring (bicyclic) bond motifs is 1. The Labute approximate surface area is 178 Å². The smallest absolute Gasteiger partial charge is 0.261 e. The molecule has 2 unspecified atom stereocenters. The average molecular weight is 416 g/mol. The average Bonchev–Trinajstić information content (AvgIpc) is 2.74. The van der Waals surface area contributed by atoms with Crippen LogP contribution in [0, 0.1) is 6.92 Å². The Bertz CT molecular complexity index is 863. The van der Waals surface area contributed by atoms with E-state index in [1.54, 1.807) is 12.1 Å². The molecular weight excluding hydrogens is 386 g/mol. The number of hydrogen-bond acceptors (Lipinski definition) is 3. The van der Waals surface area contributed by atoms with Crippen LogP contribution in [0.5, 0.6) is 11.5 Å². The van der Waals surface area contributed by atoms with Crippen molar-refractivity contribution in [1.82, 2.24) is 5.32 Å². The van der Waals surface area contributed by atoms with Crippen molar-refractivity contribution < 1.29 is 14.3 Å². The van der Waals surface area contributed by atoms with Gasteiger partial charge in [0.1, 0.15) is 17.1 Å². The molecule has 156 valence electrons. The Hall–Kier alpha value is -2.20. The number of aryl methyl sites for hydroxylation is 1. The molecule has 4 nitrogen and oxygen atoms in total. The molecule has 0 spiro atoms. The van der Waals surface area contributed by atoms with Crippen LogP contribution in [0.4, 0.5) is 0 Å². The number of carbonyl (C=O) groups excluding carboxylic acids is 1. The number of benzene rings is 2. The normalized spacial score (nSPS) is 18.3. The Morgan fingerprint density at radius 3 is 2.62 bits per heavy atom. The molecular formula is C24H30ClNO3. The summed E-state index contributed by atoms with van der Waals surface area (Å²) in [6.07, 6.45) is 2.54. The molecule has 1 amide bonds. The zero-order valence-electron chi connectivity index (χ0n) is 17.6. The van der Waals surface area contributed by atoms with Crippen molar-refractivity contribution in [1.29, 1.82) is 0 Å². The maximum Gasteiger partial charge on any atom is 0.261 e. The molecule has 2 aromatic carbocycles. The maximum absolute atomic E-state index is 13.1. The lowest BCUT2D eigenvalue weighted by molar-refractivity contribution is -0.129. The number of halogens is 1. The van der Waals surface area contributed by atoms with Crippen LogP contribution in [0.1, 0.15) is 63.6 Å². The molecule has 0 aromatic heterocycles. The van der Waals surface area contributed by atoms with Crippen molar-refractivity contribution in [3.05, 3.63) is 58.6 Å². The molecule has 2 atom stereocenters. The third kappa shape index (κ3) is 4.69. The highest BCUT2D eigenvalue weighted by atomic mass is 35.5. The zero-order valence-corrected chi connectivity index (χ0v) is 18.4. The molecule has 5 heteroatoms. The van der Waals surface area contributed by atoms with E-state index in [2.05, 4.69) is 19.2 Å². The minimum atomic E-state index is -0.566. The Kier molecular flexibility index (Phi) is 6.74. The highest BCUT2D eigenvalue weighted by Gasteiger charge is 2.39. The zero-order chi connectivity index (χ0) is 21.0. The fourth-order valence-corrected chi connectivity index (χ4v) is 3.99. The molecule has 0 saturated carbocycles. The Morgan fingerprint density at radius 2 is 1.97 bits per heavy atom. The minimum Gasteiger partial charge on any atom is -0.487 e. The van der Waals surface area contributed by atoms with Crippen LogP contribution in [0.15, 0.2) is 42.5 Å². The van der Waals surface area contributed by atoms with E-state index in [0.717, 1.165) is 36.1 Å². The summed E-state index contributed by atoms with van der Waals surface area (Å²) in [6, 6.07) is 13.3. The van der Waals surface area contributed by atoms with E-state index < -0.39 is 6.10 Å². The van der Waals surface area contributed by atoms with Crippen LogP contribution in [0.3, 0.4) is 0 Å². The molecule has 0 aliphatic carbocycles. The Balaban J connectivity index is 1.79. The molecule has 0 radical (unpaired) electrons. The van der Waals surface area contributed by atoms with Crippen LogP contribution in [-0.2, 0) is 4.79 Å². The summed E-state index contributed by atoms with van der Waals surface area (Å²) in [5, 5.41) is 3.91. The van der Waals surface area contributed by atoms with Gasteiger partial charge in [-0.3, -0.25) is 4.79 Å². The van der Waals surface area contributed by atoms with Gasteiger partial charge in [-0.05, 0) is 56.0 Å². The third-order valence-electron chi connectivity index (χ3n) is 5.87. The number of carbonyl (C=O) groups is 1. The van der Waals surface area contributed by atoms with Gasteiger partial charge in [-0.1, -0.05) is 50.6 Å². The van der Waals surface area contributed by atoms with Crippen molar-refractivity contribution in [2.24, 2.45) is 0 Å². The maximum atomic E-state index is 13.1. The quantitative estimate of drug-likeness (QED) is 0.602. The van der Waals surface area contributed by atoms with Gasteiger partial charge in [-0.15, -0.1) is 0 Å². The predicted octanol–water partition coefficient (Wildman–Crippen LogP) is 6.00. The van der Waals surface area contributed by atoms with Gasteiger partial charge < -0.3 is 14.8 Å². The molecule has 1 N–H and O–H groups in total. The van der Waals surface area contributed by atoms with Crippen molar-refractivity contribution >= 4 is 17.5 Å². The first kappa shape index (κ1) is 21.5.